The second-order valence-electron chi connectivity index (χ2n) is 3.08. The largest absolute Gasteiger partial charge is 0.472 e. The molecule has 1 aliphatic heterocycles. The van der Waals surface area contributed by atoms with Crippen molar-refractivity contribution in [1.82, 2.24) is 5.32 Å². The van der Waals surface area contributed by atoms with Crippen LogP contribution in [0.25, 0.3) is 0 Å². The predicted octanol–water partition coefficient (Wildman–Crippen LogP) is 1.75. The van der Waals surface area contributed by atoms with Gasteiger partial charge in [-0.2, -0.15) is 0 Å². The molecular weight excluding hydrogens is 138 g/mol. The summed E-state index contributed by atoms with van der Waals surface area (Å²) in [5, 5.41) is 3.35. The Balaban J connectivity index is 2.04. The molecule has 1 saturated heterocycles. The van der Waals surface area contributed by atoms with Crippen LogP contribution in [0.4, 0.5) is 0 Å². The lowest BCUT2D eigenvalue weighted by Gasteiger charge is -2.20. The molecule has 0 spiro atoms. The quantitative estimate of drug-likeness (QED) is 0.661. The van der Waals surface area contributed by atoms with Gasteiger partial charge >= 0.3 is 0 Å². The van der Waals surface area contributed by atoms with E-state index in [2.05, 4.69) is 11.4 Å². The lowest BCUT2D eigenvalue weighted by Crippen LogP contribution is -2.26. The highest BCUT2D eigenvalue weighted by atomic mass is 16.3. The topological polar surface area (TPSA) is 25.2 Å². The fraction of sp³-hybridized carbons (Fsp3) is 0.556. The second-order valence-corrected chi connectivity index (χ2v) is 3.08. The van der Waals surface area contributed by atoms with Crippen LogP contribution in [0.2, 0.25) is 0 Å². The fourth-order valence-corrected chi connectivity index (χ4v) is 1.66. The van der Waals surface area contributed by atoms with E-state index in [0.29, 0.717) is 0 Å². The van der Waals surface area contributed by atoms with Crippen molar-refractivity contribution in [3.05, 3.63) is 24.2 Å². The third-order valence-electron chi connectivity index (χ3n) is 2.35. The minimum atomic E-state index is 0.731. The van der Waals surface area contributed by atoms with Gasteiger partial charge < -0.3 is 9.73 Å². The monoisotopic (exact) mass is 151 g/mol. The van der Waals surface area contributed by atoms with Crippen molar-refractivity contribution in [2.45, 2.75) is 18.8 Å². The summed E-state index contributed by atoms with van der Waals surface area (Å²) in [7, 11) is 0. The van der Waals surface area contributed by atoms with Gasteiger partial charge in [0.25, 0.3) is 0 Å². The molecule has 0 saturated carbocycles. The van der Waals surface area contributed by atoms with Gasteiger partial charge in [-0.3, -0.25) is 0 Å². The number of hydrogen-bond donors (Lipinski definition) is 1. The summed E-state index contributed by atoms with van der Waals surface area (Å²) in [6.45, 7) is 2.30. The van der Waals surface area contributed by atoms with E-state index < -0.39 is 0 Å². The molecule has 1 aromatic rings. The first-order valence-corrected chi connectivity index (χ1v) is 4.19. The Bertz CT molecular complexity index is 199. The van der Waals surface area contributed by atoms with E-state index in [1.54, 1.807) is 6.26 Å². The van der Waals surface area contributed by atoms with Gasteiger partial charge in [-0.1, -0.05) is 0 Å². The molecule has 1 aliphatic rings. The first kappa shape index (κ1) is 6.92. The zero-order valence-electron chi connectivity index (χ0n) is 6.55. The molecule has 0 aromatic carbocycles. The van der Waals surface area contributed by atoms with Crippen LogP contribution in [0.5, 0.6) is 0 Å². The van der Waals surface area contributed by atoms with Gasteiger partial charge in [0, 0.05) is 0 Å². The van der Waals surface area contributed by atoms with Gasteiger partial charge in [0.1, 0.15) is 0 Å². The molecule has 0 bridgehead atoms. The Labute approximate surface area is 66.6 Å². The van der Waals surface area contributed by atoms with Crippen molar-refractivity contribution in [3.8, 4) is 0 Å². The predicted molar refractivity (Wildman–Crippen MR) is 43.6 cm³/mol. The maximum Gasteiger partial charge on any atom is 0.0937 e. The second kappa shape index (κ2) is 3.09. The van der Waals surface area contributed by atoms with Gasteiger partial charge in [0.2, 0.25) is 0 Å². The zero-order valence-corrected chi connectivity index (χ0v) is 6.55. The number of piperidine rings is 1. The van der Waals surface area contributed by atoms with Crippen LogP contribution in [0.15, 0.2) is 23.0 Å². The van der Waals surface area contributed by atoms with Crippen LogP contribution >= 0.6 is 0 Å². The van der Waals surface area contributed by atoms with E-state index in [4.69, 9.17) is 4.42 Å². The van der Waals surface area contributed by atoms with Crippen LogP contribution in [0.3, 0.4) is 0 Å². The van der Waals surface area contributed by atoms with Crippen LogP contribution in [-0.4, -0.2) is 13.1 Å². The average molecular weight is 151 g/mol. The van der Waals surface area contributed by atoms with Gasteiger partial charge in [-0.05, 0) is 43.5 Å². The van der Waals surface area contributed by atoms with Crippen molar-refractivity contribution in [2.24, 2.45) is 0 Å². The highest BCUT2D eigenvalue weighted by molar-refractivity contribution is 5.13. The Kier molecular flexibility index (Phi) is 1.95. The van der Waals surface area contributed by atoms with Crippen LogP contribution < -0.4 is 5.32 Å². The molecule has 1 N–H and O–H groups in total. The summed E-state index contributed by atoms with van der Waals surface area (Å²) in [5.41, 5.74) is 1.37. The van der Waals surface area contributed by atoms with Crippen molar-refractivity contribution in [1.29, 1.82) is 0 Å². The number of hydrogen-bond acceptors (Lipinski definition) is 2. The van der Waals surface area contributed by atoms with E-state index in [0.717, 1.165) is 19.0 Å². The first-order valence-electron chi connectivity index (χ1n) is 4.19. The van der Waals surface area contributed by atoms with Crippen LogP contribution in [0, 0.1) is 0 Å². The van der Waals surface area contributed by atoms with Gasteiger partial charge in [0.15, 0.2) is 0 Å². The van der Waals surface area contributed by atoms with Crippen molar-refractivity contribution in [3.63, 3.8) is 0 Å². The SMILES string of the molecule is c1cc(C2CCNCC2)co1. The number of furan rings is 1. The highest BCUT2D eigenvalue weighted by Crippen LogP contribution is 2.24. The normalized spacial score (nSPS) is 20.4. The fourth-order valence-electron chi connectivity index (χ4n) is 1.66. The lowest BCUT2D eigenvalue weighted by atomic mass is 9.92. The number of rotatable bonds is 1. The molecule has 0 amide bonds. The van der Waals surface area contributed by atoms with E-state index in [1.165, 1.54) is 18.4 Å². The van der Waals surface area contributed by atoms with E-state index in [1.807, 2.05) is 6.26 Å². The summed E-state index contributed by atoms with van der Waals surface area (Å²) >= 11 is 0. The molecule has 0 atom stereocenters. The zero-order chi connectivity index (χ0) is 7.52. The summed E-state index contributed by atoms with van der Waals surface area (Å²) in [5.74, 6) is 0.731. The van der Waals surface area contributed by atoms with E-state index >= 15 is 0 Å². The molecule has 60 valence electrons. The summed E-state index contributed by atoms with van der Waals surface area (Å²) in [6.07, 6.45) is 6.13. The minimum absolute atomic E-state index is 0.731. The summed E-state index contributed by atoms with van der Waals surface area (Å²) in [4.78, 5) is 0. The van der Waals surface area contributed by atoms with Crippen molar-refractivity contribution < 1.29 is 4.42 Å². The maximum absolute atomic E-state index is 5.05. The van der Waals surface area contributed by atoms with E-state index in [9.17, 15) is 0 Å². The molecule has 0 radical (unpaired) electrons. The summed E-state index contributed by atoms with van der Waals surface area (Å²) in [6, 6.07) is 2.08. The van der Waals surface area contributed by atoms with Gasteiger partial charge in [-0.15, -0.1) is 0 Å². The standard InChI is InChI=1S/C9H13NO/c1-4-10-5-2-8(1)9-3-6-11-7-9/h3,6-8,10H,1-2,4-5H2. The first-order chi connectivity index (χ1) is 5.47. The Morgan fingerprint density at radius 1 is 1.36 bits per heavy atom. The molecule has 0 unspecified atom stereocenters. The molecule has 11 heavy (non-hydrogen) atoms. The molecule has 2 nitrogen and oxygen atoms in total. The Hall–Kier alpha value is -0.760. The van der Waals surface area contributed by atoms with Gasteiger partial charge in [0.05, 0.1) is 12.5 Å². The van der Waals surface area contributed by atoms with Crippen molar-refractivity contribution in [2.75, 3.05) is 13.1 Å². The smallest absolute Gasteiger partial charge is 0.0937 e. The summed E-state index contributed by atoms with van der Waals surface area (Å²) < 4.78 is 5.05. The maximum atomic E-state index is 5.05. The minimum Gasteiger partial charge on any atom is -0.472 e. The van der Waals surface area contributed by atoms with Crippen LogP contribution in [-0.2, 0) is 0 Å². The third-order valence-corrected chi connectivity index (χ3v) is 2.35. The molecule has 2 heteroatoms. The Morgan fingerprint density at radius 2 is 2.18 bits per heavy atom. The van der Waals surface area contributed by atoms with Gasteiger partial charge in [-0.25, -0.2) is 0 Å². The number of nitrogens with one attached hydrogen (secondary N) is 1. The molecule has 1 fully saturated rings. The average Bonchev–Trinajstić information content (AvgIpc) is 2.58. The van der Waals surface area contributed by atoms with Crippen molar-refractivity contribution >= 4 is 0 Å². The third kappa shape index (κ3) is 1.46. The molecule has 2 rings (SSSR count). The lowest BCUT2D eigenvalue weighted by molar-refractivity contribution is 0.455. The highest BCUT2D eigenvalue weighted by Gasteiger charge is 2.15. The molecule has 1 aromatic heterocycles. The Morgan fingerprint density at radius 3 is 2.82 bits per heavy atom. The van der Waals surface area contributed by atoms with E-state index in [-0.39, 0.29) is 0 Å². The molecule has 2 heterocycles. The van der Waals surface area contributed by atoms with Crippen LogP contribution in [0.1, 0.15) is 24.3 Å². The molecule has 0 aliphatic carbocycles. The molecular formula is C9H13NO.